The molecule has 7 heteroatoms. The smallest absolute Gasteiger partial charge is 0.407 e. The van der Waals surface area contributed by atoms with Crippen LogP contribution >= 0.6 is 0 Å². The number of carbonyl (C=O) groups is 3. The zero-order valence-corrected chi connectivity index (χ0v) is 13.6. The molecule has 2 amide bonds. The van der Waals surface area contributed by atoms with Crippen molar-refractivity contribution in [1.29, 1.82) is 0 Å². The number of amides is 2. The molecule has 1 saturated carbocycles. The summed E-state index contributed by atoms with van der Waals surface area (Å²) in [6.45, 7) is 1.95. The summed E-state index contributed by atoms with van der Waals surface area (Å²) in [5.41, 5.74) is -0.514. The van der Waals surface area contributed by atoms with Crippen LogP contribution in [0.15, 0.2) is 0 Å². The average molecular weight is 314 g/mol. The highest BCUT2D eigenvalue weighted by Crippen LogP contribution is 2.36. The first-order valence-electron chi connectivity index (χ1n) is 7.69. The van der Waals surface area contributed by atoms with E-state index in [0.29, 0.717) is 6.61 Å². The Morgan fingerprint density at radius 1 is 1.18 bits per heavy atom. The Labute approximate surface area is 131 Å². The molecule has 0 heterocycles. The van der Waals surface area contributed by atoms with E-state index in [1.165, 1.54) is 7.11 Å². The van der Waals surface area contributed by atoms with Gasteiger partial charge >= 0.3 is 12.1 Å². The lowest BCUT2D eigenvalue weighted by atomic mass is 9.78. The van der Waals surface area contributed by atoms with Gasteiger partial charge in [-0.2, -0.15) is 0 Å². The second kappa shape index (κ2) is 8.60. The third kappa shape index (κ3) is 4.89. The molecule has 0 aliphatic heterocycles. The number of alkyl carbamates (subject to hydrolysis) is 1. The summed E-state index contributed by atoms with van der Waals surface area (Å²) in [5, 5.41) is 2.38. The minimum absolute atomic E-state index is 0.145. The molecule has 126 valence electrons. The Hall–Kier alpha value is -1.79. The minimum Gasteiger partial charge on any atom is -0.466 e. The van der Waals surface area contributed by atoms with Gasteiger partial charge in [0, 0.05) is 7.05 Å². The summed E-state index contributed by atoms with van der Waals surface area (Å²) < 4.78 is 9.50. The van der Waals surface area contributed by atoms with Gasteiger partial charge in [0.25, 0.3) is 0 Å². The molecule has 1 fully saturated rings. The van der Waals surface area contributed by atoms with Gasteiger partial charge in [-0.1, -0.05) is 19.3 Å². The summed E-state index contributed by atoms with van der Waals surface area (Å²) in [5.74, 6) is -0.526. The molecule has 1 aliphatic rings. The number of nitrogens with one attached hydrogen (secondary N) is 1. The zero-order valence-electron chi connectivity index (χ0n) is 13.6. The van der Waals surface area contributed by atoms with Gasteiger partial charge in [-0.25, -0.2) is 4.79 Å². The van der Waals surface area contributed by atoms with Crippen LogP contribution in [-0.2, 0) is 19.1 Å². The Morgan fingerprint density at radius 3 is 2.36 bits per heavy atom. The van der Waals surface area contributed by atoms with Gasteiger partial charge in [0.15, 0.2) is 0 Å². The Kier molecular flexibility index (Phi) is 7.14. The summed E-state index contributed by atoms with van der Waals surface area (Å²) >= 11 is 0. The van der Waals surface area contributed by atoms with Crippen LogP contribution in [0.2, 0.25) is 0 Å². The maximum Gasteiger partial charge on any atom is 0.407 e. The quantitative estimate of drug-likeness (QED) is 0.750. The van der Waals surface area contributed by atoms with Crippen molar-refractivity contribution in [2.75, 3.05) is 27.3 Å². The largest absolute Gasteiger partial charge is 0.466 e. The maximum absolute atomic E-state index is 12.3. The zero-order chi connectivity index (χ0) is 16.6. The van der Waals surface area contributed by atoms with Crippen molar-refractivity contribution in [1.82, 2.24) is 10.2 Å². The average Bonchev–Trinajstić information content (AvgIpc) is 2.52. The summed E-state index contributed by atoms with van der Waals surface area (Å²) in [7, 11) is 2.93. The molecule has 7 nitrogen and oxygen atoms in total. The highest BCUT2D eigenvalue weighted by Gasteiger charge is 2.40. The first kappa shape index (κ1) is 18.3. The van der Waals surface area contributed by atoms with Crippen molar-refractivity contribution in [2.45, 2.75) is 51.0 Å². The topological polar surface area (TPSA) is 84.9 Å². The minimum atomic E-state index is -0.648. The standard InChI is InChI=1S/C15H26N2O5/c1-4-22-13(19)10-15(8-6-5-7-9-15)17(2)12(18)11-16-14(20)21-3/h4-11H2,1-3H3,(H,16,20). The highest BCUT2D eigenvalue weighted by atomic mass is 16.5. The molecule has 0 radical (unpaired) electrons. The summed E-state index contributed by atoms with van der Waals surface area (Å²) in [4.78, 5) is 36.9. The molecule has 0 atom stereocenters. The van der Waals surface area contributed by atoms with Crippen molar-refractivity contribution >= 4 is 18.0 Å². The van der Waals surface area contributed by atoms with E-state index in [1.54, 1.807) is 18.9 Å². The monoisotopic (exact) mass is 314 g/mol. The fourth-order valence-corrected chi connectivity index (χ4v) is 2.92. The number of likely N-dealkylation sites (N-methyl/N-ethyl adjacent to an activating group) is 1. The Morgan fingerprint density at radius 2 is 1.82 bits per heavy atom. The molecule has 1 rings (SSSR count). The lowest BCUT2D eigenvalue weighted by Crippen LogP contribution is -2.54. The fraction of sp³-hybridized carbons (Fsp3) is 0.800. The number of ether oxygens (including phenoxy) is 2. The lowest BCUT2D eigenvalue weighted by molar-refractivity contribution is -0.150. The van der Waals surface area contributed by atoms with Crippen molar-refractivity contribution in [2.24, 2.45) is 0 Å². The molecule has 0 aromatic rings. The van der Waals surface area contributed by atoms with Crippen LogP contribution in [0, 0.1) is 0 Å². The van der Waals surface area contributed by atoms with Crippen molar-refractivity contribution in [3.8, 4) is 0 Å². The highest BCUT2D eigenvalue weighted by molar-refractivity contribution is 5.83. The van der Waals surface area contributed by atoms with Gasteiger partial charge in [-0.05, 0) is 19.8 Å². The number of carbonyl (C=O) groups excluding carboxylic acids is 3. The molecule has 0 aromatic heterocycles. The van der Waals surface area contributed by atoms with Crippen LogP contribution in [-0.4, -0.2) is 55.7 Å². The summed E-state index contributed by atoms with van der Waals surface area (Å²) in [6.07, 6.45) is 4.14. The fourth-order valence-electron chi connectivity index (χ4n) is 2.92. The van der Waals surface area contributed by atoms with E-state index < -0.39 is 11.6 Å². The van der Waals surface area contributed by atoms with E-state index in [2.05, 4.69) is 10.1 Å². The molecule has 22 heavy (non-hydrogen) atoms. The molecule has 0 bridgehead atoms. The summed E-state index contributed by atoms with van der Waals surface area (Å²) in [6, 6.07) is 0. The van der Waals surface area contributed by atoms with E-state index in [9.17, 15) is 14.4 Å². The van der Waals surface area contributed by atoms with Crippen LogP contribution in [0.3, 0.4) is 0 Å². The van der Waals surface area contributed by atoms with Crippen LogP contribution in [0.5, 0.6) is 0 Å². The van der Waals surface area contributed by atoms with E-state index in [4.69, 9.17) is 4.74 Å². The molecule has 1 N–H and O–H groups in total. The maximum atomic E-state index is 12.3. The Bertz CT molecular complexity index is 405. The van der Waals surface area contributed by atoms with Crippen LogP contribution < -0.4 is 5.32 Å². The number of hydrogen-bond donors (Lipinski definition) is 1. The van der Waals surface area contributed by atoms with Crippen LogP contribution in [0.25, 0.3) is 0 Å². The second-order valence-corrected chi connectivity index (χ2v) is 5.56. The molecular formula is C15H26N2O5. The SMILES string of the molecule is CCOC(=O)CC1(N(C)C(=O)CNC(=O)OC)CCCCC1. The number of nitrogens with zero attached hydrogens (tertiary/aromatic N) is 1. The van der Waals surface area contributed by atoms with Crippen LogP contribution in [0.1, 0.15) is 45.4 Å². The van der Waals surface area contributed by atoms with Gasteiger partial charge in [0.2, 0.25) is 5.91 Å². The van der Waals surface area contributed by atoms with E-state index in [1.807, 2.05) is 0 Å². The number of rotatable bonds is 6. The number of methoxy groups -OCH3 is 1. The Balaban J connectivity index is 2.74. The second-order valence-electron chi connectivity index (χ2n) is 5.56. The first-order chi connectivity index (χ1) is 10.4. The molecule has 0 unspecified atom stereocenters. The van der Waals surface area contributed by atoms with E-state index in [0.717, 1.165) is 32.1 Å². The molecule has 1 aliphatic carbocycles. The van der Waals surface area contributed by atoms with Gasteiger partial charge in [0.05, 0.1) is 25.7 Å². The molecular weight excluding hydrogens is 288 g/mol. The van der Waals surface area contributed by atoms with Crippen molar-refractivity contribution in [3.63, 3.8) is 0 Å². The molecule has 0 saturated heterocycles. The van der Waals surface area contributed by atoms with E-state index in [-0.39, 0.29) is 24.8 Å². The van der Waals surface area contributed by atoms with Gasteiger partial charge in [-0.15, -0.1) is 0 Å². The first-order valence-corrected chi connectivity index (χ1v) is 7.69. The third-order valence-electron chi connectivity index (χ3n) is 4.22. The predicted octanol–water partition coefficient (Wildman–Crippen LogP) is 1.46. The number of esters is 1. The van der Waals surface area contributed by atoms with E-state index >= 15 is 0 Å². The van der Waals surface area contributed by atoms with Gasteiger partial charge < -0.3 is 19.7 Å². The van der Waals surface area contributed by atoms with Crippen molar-refractivity contribution < 1.29 is 23.9 Å². The van der Waals surface area contributed by atoms with Crippen LogP contribution in [0.4, 0.5) is 4.79 Å². The predicted molar refractivity (Wildman–Crippen MR) is 80.2 cm³/mol. The normalized spacial score (nSPS) is 16.5. The molecule has 0 aromatic carbocycles. The van der Waals surface area contributed by atoms with Crippen molar-refractivity contribution in [3.05, 3.63) is 0 Å². The number of hydrogen-bond acceptors (Lipinski definition) is 5. The third-order valence-corrected chi connectivity index (χ3v) is 4.22. The van der Waals surface area contributed by atoms with Gasteiger partial charge in [0.1, 0.15) is 6.54 Å². The van der Waals surface area contributed by atoms with Gasteiger partial charge in [-0.3, -0.25) is 9.59 Å². The lowest BCUT2D eigenvalue weighted by Gasteiger charge is -2.44. The molecule has 0 spiro atoms.